The second-order valence-electron chi connectivity index (χ2n) is 6.40. The second kappa shape index (κ2) is 5.12. The van der Waals surface area contributed by atoms with Gasteiger partial charge in [-0.25, -0.2) is 4.39 Å². The first-order chi connectivity index (χ1) is 8.86. The molecule has 0 aliphatic heterocycles. The summed E-state index contributed by atoms with van der Waals surface area (Å²) in [4.78, 5) is 0. The maximum absolute atomic E-state index is 13.8. The second-order valence-corrected chi connectivity index (χ2v) is 6.40. The molecule has 1 aliphatic carbocycles. The van der Waals surface area contributed by atoms with Crippen LogP contribution in [0, 0.1) is 11.2 Å². The van der Waals surface area contributed by atoms with Gasteiger partial charge in [0.2, 0.25) is 0 Å². The van der Waals surface area contributed by atoms with Crippen LogP contribution in [0.1, 0.15) is 51.5 Å². The summed E-state index contributed by atoms with van der Waals surface area (Å²) in [5.74, 6) is -0.182. The normalized spacial score (nSPS) is 26.8. The maximum Gasteiger partial charge on any atom is 0.165 e. The van der Waals surface area contributed by atoms with Crippen molar-refractivity contribution < 1.29 is 14.2 Å². The maximum atomic E-state index is 13.8. The molecule has 2 nitrogen and oxygen atoms in total. The summed E-state index contributed by atoms with van der Waals surface area (Å²) in [6, 6.07) is 4.79. The number of hydrogen-bond donors (Lipinski definition) is 1. The van der Waals surface area contributed by atoms with E-state index >= 15 is 0 Å². The Hall–Kier alpha value is -1.09. The Balaban J connectivity index is 2.26. The Kier molecular flexibility index (Phi) is 3.86. The van der Waals surface area contributed by atoms with Crippen LogP contribution < -0.4 is 4.74 Å². The predicted molar refractivity (Wildman–Crippen MR) is 73.7 cm³/mol. The van der Waals surface area contributed by atoms with E-state index in [1.165, 1.54) is 13.2 Å². The monoisotopic (exact) mass is 266 g/mol. The molecular weight excluding hydrogens is 243 g/mol. The first-order valence-electron chi connectivity index (χ1n) is 6.93. The number of benzene rings is 1. The van der Waals surface area contributed by atoms with E-state index in [2.05, 4.69) is 13.8 Å². The van der Waals surface area contributed by atoms with Crippen molar-refractivity contribution in [3.05, 3.63) is 29.6 Å². The third-order valence-corrected chi connectivity index (χ3v) is 4.35. The topological polar surface area (TPSA) is 29.5 Å². The van der Waals surface area contributed by atoms with Gasteiger partial charge in [0.15, 0.2) is 11.6 Å². The van der Waals surface area contributed by atoms with Crippen molar-refractivity contribution in [3.8, 4) is 5.75 Å². The van der Waals surface area contributed by atoms with E-state index < -0.39 is 11.4 Å². The van der Waals surface area contributed by atoms with Crippen LogP contribution in [0.25, 0.3) is 0 Å². The molecule has 0 aromatic heterocycles. The van der Waals surface area contributed by atoms with Crippen molar-refractivity contribution in [2.75, 3.05) is 7.11 Å². The molecule has 1 unspecified atom stereocenters. The molecule has 0 saturated heterocycles. The zero-order valence-electron chi connectivity index (χ0n) is 12.0. The number of hydrogen-bond acceptors (Lipinski definition) is 2. The van der Waals surface area contributed by atoms with Crippen LogP contribution >= 0.6 is 0 Å². The number of rotatable bonds is 2. The van der Waals surface area contributed by atoms with Crippen LogP contribution in [-0.2, 0) is 5.60 Å². The SMILES string of the molecule is COc1ccc(C2(O)CCCC(C)(C)CC2)cc1F. The highest BCUT2D eigenvalue weighted by Gasteiger charge is 2.35. The van der Waals surface area contributed by atoms with E-state index in [1.54, 1.807) is 12.1 Å². The highest BCUT2D eigenvalue weighted by atomic mass is 19.1. The van der Waals surface area contributed by atoms with Crippen molar-refractivity contribution in [2.24, 2.45) is 5.41 Å². The molecular formula is C16H23FO2. The molecule has 3 heteroatoms. The van der Waals surface area contributed by atoms with E-state index in [-0.39, 0.29) is 11.2 Å². The van der Waals surface area contributed by atoms with Crippen LogP contribution in [-0.4, -0.2) is 12.2 Å². The number of aliphatic hydroxyl groups is 1. The number of halogens is 1. The van der Waals surface area contributed by atoms with Gasteiger partial charge in [-0.15, -0.1) is 0 Å². The third-order valence-electron chi connectivity index (χ3n) is 4.35. The van der Waals surface area contributed by atoms with Gasteiger partial charge < -0.3 is 9.84 Å². The Morgan fingerprint density at radius 3 is 2.53 bits per heavy atom. The summed E-state index contributed by atoms with van der Waals surface area (Å²) in [5.41, 5.74) is 0.0274. The van der Waals surface area contributed by atoms with Crippen molar-refractivity contribution >= 4 is 0 Å². The molecule has 1 aromatic rings. The lowest BCUT2D eigenvalue weighted by molar-refractivity contribution is 0.0177. The minimum atomic E-state index is -0.902. The first kappa shape index (κ1) is 14.3. The van der Waals surface area contributed by atoms with Gasteiger partial charge in [-0.1, -0.05) is 19.9 Å². The van der Waals surface area contributed by atoms with Gasteiger partial charge >= 0.3 is 0 Å². The summed E-state index contributed by atoms with van der Waals surface area (Å²) in [6.45, 7) is 4.46. The molecule has 0 heterocycles. The molecule has 1 atom stereocenters. The lowest BCUT2D eigenvalue weighted by atomic mass is 9.82. The molecule has 0 radical (unpaired) electrons. The summed E-state index contributed by atoms with van der Waals surface area (Å²) in [6.07, 6.45) is 4.41. The number of ether oxygens (including phenoxy) is 1. The van der Waals surface area contributed by atoms with Crippen molar-refractivity contribution in [2.45, 2.75) is 51.6 Å². The molecule has 1 N–H and O–H groups in total. The quantitative estimate of drug-likeness (QED) is 0.819. The summed E-state index contributed by atoms with van der Waals surface area (Å²) in [7, 11) is 1.45. The molecule has 1 aromatic carbocycles. The minimum absolute atomic E-state index is 0.223. The van der Waals surface area contributed by atoms with Crippen LogP contribution in [0.3, 0.4) is 0 Å². The Labute approximate surface area is 114 Å². The zero-order chi connectivity index (χ0) is 14.1. The van der Waals surface area contributed by atoms with Gasteiger partial charge in [-0.3, -0.25) is 0 Å². The largest absolute Gasteiger partial charge is 0.494 e. The average molecular weight is 266 g/mol. The summed E-state index contributed by atoms with van der Waals surface area (Å²) in [5, 5.41) is 10.8. The van der Waals surface area contributed by atoms with E-state index in [4.69, 9.17) is 4.74 Å². The fraction of sp³-hybridized carbons (Fsp3) is 0.625. The van der Waals surface area contributed by atoms with E-state index in [9.17, 15) is 9.50 Å². The lowest BCUT2D eigenvalue weighted by Crippen LogP contribution is -2.25. The average Bonchev–Trinajstić information content (AvgIpc) is 2.49. The molecule has 1 fully saturated rings. The molecule has 1 aliphatic rings. The zero-order valence-corrected chi connectivity index (χ0v) is 12.0. The predicted octanol–water partition coefficient (Wildman–Crippen LogP) is 4.01. The fourth-order valence-electron chi connectivity index (χ4n) is 2.90. The third kappa shape index (κ3) is 3.08. The van der Waals surface area contributed by atoms with Crippen LogP contribution in [0.4, 0.5) is 4.39 Å². The molecule has 106 valence electrons. The highest BCUT2D eigenvalue weighted by molar-refractivity contribution is 5.32. The molecule has 0 spiro atoms. The molecule has 2 rings (SSSR count). The van der Waals surface area contributed by atoms with Gasteiger partial charge in [0.25, 0.3) is 0 Å². The Bertz CT molecular complexity index is 456. The van der Waals surface area contributed by atoms with Gasteiger partial charge in [0, 0.05) is 0 Å². The van der Waals surface area contributed by atoms with E-state index in [0.717, 1.165) is 19.3 Å². The first-order valence-corrected chi connectivity index (χ1v) is 6.93. The molecule has 1 saturated carbocycles. The minimum Gasteiger partial charge on any atom is -0.494 e. The van der Waals surface area contributed by atoms with Gasteiger partial charge in [-0.2, -0.15) is 0 Å². The Morgan fingerprint density at radius 2 is 1.89 bits per heavy atom. The van der Waals surface area contributed by atoms with Crippen molar-refractivity contribution in [1.29, 1.82) is 0 Å². The molecule has 19 heavy (non-hydrogen) atoms. The van der Waals surface area contributed by atoms with Crippen LogP contribution in [0.15, 0.2) is 18.2 Å². The van der Waals surface area contributed by atoms with Crippen molar-refractivity contribution in [1.82, 2.24) is 0 Å². The highest BCUT2D eigenvalue weighted by Crippen LogP contribution is 2.43. The fourth-order valence-corrected chi connectivity index (χ4v) is 2.90. The van der Waals surface area contributed by atoms with E-state index in [0.29, 0.717) is 18.4 Å². The van der Waals surface area contributed by atoms with Gasteiger partial charge in [0.05, 0.1) is 12.7 Å². The van der Waals surface area contributed by atoms with E-state index in [1.807, 2.05) is 0 Å². The molecule has 0 bridgehead atoms. The summed E-state index contributed by atoms with van der Waals surface area (Å²) >= 11 is 0. The van der Waals surface area contributed by atoms with Crippen LogP contribution in [0.2, 0.25) is 0 Å². The Morgan fingerprint density at radius 1 is 1.16 bits per heavy atom. The lowest BCUT2D eigenvalue weighted by Gasteiger charge is -2.28. The van der Waals surface area contributed by atoms with Crippen LogP contribution in [0.5, 0.6) is 5.75 Å². The van der Waals surface area contributed by atoms with Gasteiger partial charge in [0.1, 0.15) is 0 Å². The standard InChI is InChI=1S/C16H23FO2/c1-15(2)7-4-8-16(18,10-9-15)12-5-6-14(19-3)13(17)11-12/h5-6,11,18H,4,7-10H2,1-3H3. The van der Waals surface area contributed by atoms with Gasteiger partial charge in [-0.05, 0) is 55.2 Å². The number of methoxy groups -OCH3 is 1. The molecule has 0 amide bonds. The van der Waals surface area contributed by atoms with Crippen molar-refractivity contribution in [3.63, 3.8) is 0 Å². The smallest absolute Gasteiger partial charge is 0.165 e. The summed E-state index contributed by atoms with van der Waals surface area (Å²) < 4.78 is 18.7.